The van der Waals surface area contributed by atoms with E-state index in [9.17, 15) is 0 Å². The molecule has 10 aromatic rings. The molecule has 11 rings (SSSR count). The van der Waals surface area contributed by atoms with E-state index in [1.54, 1.807) is 6.20 Å². The molecule has 0 saturated carbocycles. The highest BCUT2D eigenvalue weighted by Crippen LogP contribution is 2.52. The molecule has 1 aliphatic carbocycles. The summed E-state index contributed by atoms with van der Waals surface area (Å²) in [4.78, 5) is 14.9. The summed E-state index contributed by atoms with van der Waals surface area (Å²) in [5.74, 6) is 0.693. The first-order valence-electron chi connectivity index (χ1n) is 20.2. The number of aromatic nitrogens is 3. The van der Waals surface area contributed by atoms with Crippen LogP contribution >= 0.6 is 0 Å². The van der Waals surface area contributed by atoms with Crippen LogP contribution in [0.25, 0.3) is 100.0 Å². The number of rotatable bonds is 6. The van der Waals surface area contributed by atoms with Crippen molar-refractivity contribution in [2.24, 2.45) is 0 Å². The third-order valence-electron chi connectivity index (χ3n) is 12.2. The molecule has 0 bridgehead atoms. The normalized spacial score (nSPS) is 12.7. The standard InChI is InChI=1S/C56H39N3/c1-56(2)50-28-25-40(33-49(50)54-45-21-7-6-13-36(45)24-29-51(54)56)38-16-10-18-41(31-38)44-26-27-48(47-23-9-8-22-46(44)47)55-58-52(37-14-4-3-5-15-37)34-53(59-55)42-19-11-17-39(32-42)43-20-12-30-57-35-43/h3-35H,1-2H3. The average molecular weight is 754 g/mol. The summed E-state index contributed by atoms with van der Waals surface area (Å²) >= 11 is 0. The zero-order chi connectivity index (χ0) is 39.5. The van der Waals surface area contributed by atoms with Crippen LogP contribution in [-0.4, -0.2) is 15.0 Å². The van der Waals surface area contributed by atoms with Crippen molar-refractivity contribution in [2.45, 2.75) is 19.3 Å². The Bertz CT molecular complexity index is 3240. The van der Waals surface area contributed by atoms with E-state index in [4.69, 9.17) is 9.97 Å². The van der Waals surface area contributed by atoms with Crippen molar-refractivity contribution in [3.8, 4) is 78.4 Å². The summed E-state index contributed by atoms with van der Waals surface area (Å²) in [5.41, 5.74) is 17.1. The SMILES string of the molecule is CC1(C)c2ccc(-c3cccc(-c4ccc(-c5nc(-c6ccccc6)cc(-c6cccc(-c7cccnc7)c6)n5)c5ccccc45)c3)cc2-c2c1ccc1ccccc21. The van der Waals surface area contributed by atoms with Crippen LogP contribution in [0.2, 0.25) is 0 Å². The maximum absolute atomic E-state index is 5.29. The van der Waals surface area contributed by atoms with Gasteiger partial charge in [-0.2, -0.15) is 0 Å². The van der Waals surface area contributed by atoms with Crippen LogP contribution in [0.15, 0.2) is 200 Å². The first kappa shape index (κ1) is 34.7. The van der Waals surface area contributed by atoms with Crippen molar-refractivity contribution in [3.63, 3.8) is 0 Å². The molecule has 1 aliphatic rings. The van der Waals surface area contributed by atoms with Crippen molar-refractivity contribution in [1.82, 2.24) is 15.0 Å². The molecule has 0 unspecified atom stereocenters. The Morgan fingerprint density at radius 1 is 0.373 bits per heavy atom. The van der Waals surface area contributed by atoms with E-state index in [0.717, 1.165) is 50.0 Å². The van der Waals surface area contributed by atoms with Gasteiger partial charge in [-0.25, -0.2) is 9.97 Å². The molecule has 3 heteroatoms. The first-order valence-corrected chi connectivity index (χ1v) is 20.2. The van der Waals surface area contributed by atoms with E-state index < -0.39 is 0 Å². The smallest absolute Gasteiger partial charge is 0.161 e. The van der Waals surface area contributed by atoms with Crippen molar-refractivity contribution >= 4 is 21.5 Å². The van der Waals surface area contributed by atoms with Gasteiger partial charge in [-0.05, 0) is 108 Å². The Morgan fingerprint density at radius 3 is 1.76 bits per heavy atom. The van der Waals surface area contributed by atoms with Gasteiger partial charge in [0.25, 0.3) is 0 Å². The topological polar surface area (TPSA) is 38.7 Å². The minimum absolute atomic E-state index is 0.0647. The fraction of sp³-hybridized carbons (Fsp3) is 0.0536. The number of fused-ring (bicyclic) bond motifs is 6. The predicted octanol–water partition coefficient (Wildman–Crippen LogP) is 14.5. The largest absolute Gasteiger partial charge is 0.264 e. The summed E-state index contributed by atoms with van der Waals surface area (Å²) in [6.45, 7) is 4.71. The summed E-state index contributed by atoms with van der Waals surface area (Å²) in [7, 11) is 0. The van der Waals surface area contributed by atoms with Crippen LogP contribution in [0.3, 0.4) is 0 Å². The van der Waals surface area contributed by atoms with Crippen LogP contribution in [-0.2, 0) is 5.41 Å². The summed E-state index contributed by atoms with van der Waals surface area (Å²) in [5, 5.41) is 4.87. The molecule has 2 heterocycles. The van der Waals surface area contributed by atoms with E-state index >= 15 is 0 Å². The first-order chi connectivity index (χ1) is 29.0. The molecule has 0 aliphatic heterocycles. The number of hydrogen-bond donors (Lipinski definition) is 0. The molecule has 0 saturated heterocycles. The van der Waals surface area contributed by atoms with Gasteiger partial charge in [0.1, 0.15) is 0 Å². The lowest BCUT2D eigenvalue weighted by atomic mass is 9.82. The van der Waals surface area contributed by atoms with E-state index in [2.05, 4.69) is 195 Å². The second-order valence-electron chi connectivity index (χ2n) is 16.0. The van der Waals surface area contributed by atoms with Crippen LogP contribution in [0.5, 0.6) is 0 Å². The number of nitrogens with zero attached hydrogens (tertiary/aromatic N) is 3. The quantitative estimate of drug-likeness (QED) is 0.170. The van der Waals surface area contributed by atoms with E-state index in [0.29, 0.717) is 5.82 Å². The van der Waals surface area contributed by atoms with E-state index in [1.807, 2.05) is 18.3 Å². The third-order valence-corrected chi connectivity index (χ3v) is 12.2. The van der Waals surface area contributed by atoms with Crippen LogP contribution in [0.1, 0.15) is 25.0 Å². The highest BCUT2D eigenvalue weighted by Gasteiger charge is 2.36. The van der Waals surface area contributed by atoms with Crippen LogP contribution < -0.4 is 0 Å². The Hall–Kier alpha value is -7.49. The highest BCUT2D eigenvalue weighted by molar-refractivity contribution is 6.05. The van der Waals surface area contributed by atoms with Gasteiger partial charge in [0.05, 0.1) is 11.4 Å². The van der Waals surface area contributed by atoms with Crippen molar-refractivity contribution < 1.29 is 0 Å². The Kier molecular flexibility index (Phi) is 8.16. The Balaban J connectivity index is 1.02. The van der Waals surface area contributed by atoms with Crippen molar-refractivity contribution in [2.75, 3.05) is 0 Å². The van der Waals surface area contributed by atoms with Crippen molar-refractivity contribution in [3.05, 3.63) is 212 Å². The second kappa shape index (κ2) is 13.9. The maximum atomic E-state index is 5.29. The average Bonchev–Trinajstić information content (AvgIpc) is 3.54. The molecule has 0 fully saturated rings. The molecule has 0 amide bonds. The zero-order valence-electron chi connectivity index (χ0n) is 32.9. The van der Waals surface area contributed by atoms with Gasteiger partial charge >= 0.3 is 0 Å². The van der Waals surface area contributed by atoms with Crippen molar-refractivity contribution in [1.29, 1.82) is 0 Å². The molecule has 0 atom stereocenters. The van der Waals surface area contributed by atoms with Gasteiger partial charge in [0, 0.05) is 40.1 Å². The molecule has 0 N–H and O–H groups in total. The molecule has 0 radical (unpaired) electrons. The number of benzene rings is 8. The van der Waals surface area contributed by atoms with Crippen LogP contribution in [0, 0.1) is 0 Å². The minimum atomic E-state index is -0.0647. The highest BCUT2D eigenvalue weighted by atomic mass is 14.9. The molecule has 2 aromatic heterocycles. The third kappa shape index (κ3) is 5.94. The Morgan fingerprint density at radius 2 is 0.966 bits per heavy atom. The molecule has 8 aromatic carbocycles. The fourth-order valence-electron chi connectivity index (χ4n) is 9.18. The lowest BCUT2D eigenvalue weighted by Crippen LogP contribution is -2.14. The summed E-state index contributed by atoms with van der Waals surface area (Å²) in [6, 6.07) is 67.6. The molecule has 3 nitrogen and oxygen atoms in total. The van der Waals surface area contributed by atoms with E-state index in [1.165, 1.54) is 55.3 Å². The zero-order valence-corrected chi connectivity index (χ0v) is 32.9. The summed E-state index contributed by atoms with van der Waals surface area (Å²) in [6.07, 6.45) is 3.70. The molecule has 0 spiro atoms. The molecular weight excluding hydrogens is 715 g/mol. The van der Waals surface area contributed by atoms with Gasteiger partial charge < -0.3 is 0 Å². The second-order valence-corrected chi connectivity index (χ2v) is 16.0. The molecule has 278 valence electrons. The summed E-state index contributed by atoms with van der Waals surface area (Å²) < 4.78 is 0. The number of hydrogen-bond acceptors (Lipinski definition) is 3. The number of pyridine rings is 1. The van der Waals surface area contributed by atoms with Gasteiger partial charge in [-0.1, -0.05) is 166 Å². The van der Waals surface area contributed by atoms with E-state index in [-0.39, 0.29) is 5.41 Å². The van der Waals surface area contributed by atoms with Gasteiger partial charge in [-0.15, -0.1) is 0 Å². The lowest BCUT2D eigenvalue weighted by Gasteiger charge is -2.21. The fourth-order valence-corrected chi connectivity index (χ4v) is 9.18. The minimum Gasteiger partial charge on any atom is -0.264 e. The van der Waals surface area contributed by atoms with Gasteiger partial charge in [0.15, 0.2) is 5.82 Å². The van der Waals surface area contributed by atoms with Gasteiger partial charge in [0.2, 0.25) is 0 Å². The molecule has 59 heavy (non-hydrogen) atoms. The lowest BCUT2D eigenvalue weighted by molar-refractivity contribution is 0.661. The predicted molar refractivity (Wildman–Crippen MR) is 245 cm³/mol. The maximum Gasteiger partial charge on any atom is 0.161 e. The Labute approximate surface area is 344 Å². The molecular formula is C56H39N3. The van der Waals surface area contributed by atoms with Gasteiger partial charge in [-0.3, -0.25) is 4.98 Å². The monoisotopic (exact) mass is 753 g/mol. The van der Waals surface area contributed by atoms with Crippen LogP contribution in [0.4, 0.5) is 0 Å².